The highest BCUT2D eigenvalue weighted by Gasteiger charge is 2.28. The van der Waals surface area contributed by atoms with Crippen LogP contribution < -0.4 is 10.6 Å². The molecule has 9 heteroatoms. The third kappa shape index (κ3) is 3.99. The summed E-state index contributed by atoms with van der Waals surface area (Å²) >= 11 is 0. The Kier molecular flexibility index (Phi) is 5.50. The molecule has 2 N–H and O–H groups in total. The smallest absolute Gasteiger partial charge is 0.281 e. The van der Waals surface area contributed by atoms with E-state index in [1.54, 1.807) is 7.05 Å². The lowest BCUT2D eigenvalue weighted by Crippen LogP contribution is -2.41. The Bertz CT molecular complexity index is 790. The van der Waals surface area contributed by atoms with E-state index >= 15 is 0 Å². The van der Waals surface area contributed by atoms with Gasteiger partial charge >= 0.3 is 0 Å². The topological polar surface area (TPSA) is 94.6 Å². The van der Waals surface area contributed by atoms with Crippen LogP contribution in [0, 0.1) is 5.92 Å². The Balaban J connectivity index is 1.87. The average Bonchev–Trinajstić information content (AvgIpc) is 3.44. The zero-order valence-electron chi connectivity index (χ0n) is 15.6. The van der Waals surface area contributed by atoms with E-state index < -0.39 is 10.2 Å². The molecule has 1 fully saturated rings. The first kappa shape index (κ1) is 19.1. The lowest BCUT2D eigenvalue weighted by atomic mass is 10.1. The van der Waals surface area contributed by atoms with Gasteiger partial charge in [-0.1, -0.05) is 0 Å². The second kappa shape index (κ2) is 7.50. The normalized spacial score (nSPS) is 18.3. The molecule has 0 unspecified atom stereocenters. The van der Waals surface area contributed by atoms with Gasteiger partial charge in [-0.25, -0.2) is 4.98 Å². The summed E-state index contributed by atoms with van der Waals surface area (Å²) in [4.78, 5) is 17.0. The number of nitrogens with zero attached hydrogens (tertiary/aromatic N) is 3. The van der Waals surface area contributed by atoms with Crippen LogP contribution in [0.4, 0.5) is 5.82 Å². The van der Waals surface area contributed by atoms with Crippen LogP contribution in [-0.4, -0.2) is 68.7 Å². The SMILES string of the molecule is CNC(=O)c1cc2c(nc1NCC1CC1)CCN(S(=O)(=O)N(C)C)CC2. The molecule has 144 valence electrons. The molecule has 2 heterocycles. The fourth-order valence-corrected chi connectivity index (χ4v) is 4.19. The van der Waals surface area contributed by atoms with Gasteiger partial charge in [0.2, 0.25) is 0 Å². The van der Waals surface area contributed by atoms with Crippen LogP contribution in [0.25, 0.3) is 0 Å². The fraction of sp³-hybridized carbons (Fsp3) is 0.647. The van der Waals surface area contributed by atoms with Crippen LogP contribution in [-0.2, 0) is 23.1 Å². The van der Waals surface area contributed by atoms with E-state index in [1.165, 1.54) is 35.5 Å². The molecule has 26 heavy (non-hydrogen) atoms. The maximum atomic E-state index is 12.4. The molecular weight excluding hydrogens is 354 g/mol. The van der Waals surface area contributed by atoms with E-state index in [0.29, 0.717) is 43.2 Å². The predicted molar refractivity (Wildman–Crippen MR) is 100 cm³/mol. The minimum absolute atomic E-state index is 0.180. The molecule has 0 atom stereocenters. The van der Waals surface area contributed by atoms with Crippen molar-refractivity contribution in [1.29, 1.82) is 0 Å². The standard InChI is InChI=1S/C17H27N5O3S/c1-18-17(23)14-10-13-6-8-22(26(24,25)21(2)3)9-7-15(13)20-16(14)19-11-12-4-5-12/h10,12H,4-9,11H2,1-3H3,(H,18,23)(H,19,20). The number of nitrogens with one attached hydrogen (secondary N) is 2. The largest absolute Gasteiger partial charge is 0.369 e. The van der Waals surface area contributed by atoms with Crippen LogP contribution in [0.5, 0.6) is 0 Å². The molecule has 0 bridgehead atoms. The first-order valence-electron chi connectivity index (χ1n) is 8.99. The van der Waals surface area contributed by atoms with Crippen LogP contribution in [0.3, 0.4) is 0 Å². The van der Waals surface area contributed by atoms with Gasteiger partial charge in [-0.05, 0) is 36.8 Å². The number of anilines is 1. The molecule has 0 saturated heterocycles. The molecule has 1 aliphatic heterocycles. The third-order valence-electron chi connectivity index (χ3n) is 4.93. The molecule has 0 spiro atoms. The molecule has 2 aliphatic rings. The number of aromatic nitrogens is 1. The van der Waals surface area contributed by atoms with Gasteiger partial charge < -0.3 is 10.6 Å². The second-order valence-corrected chi connectivity index (χ2v) is 9.23. The minimum Gasteiger partial charge on any atom is -0.369 e. The van der Waals surface area contributed by atoms with Crippen LogP contribution in [0.15, 0.2) is 6.07 Å². The molecule has 1 amide bonds. The van der Waals surface area contributed by atoms with Crippen LogP contribution in [0.2, 0.25) is 0 Å². The molecule has 1 aliphatic carbocycles. The number of hydrogen-bond donors (Lipinski definition) is 2. The summed E-state index contributed by atoms with van der Waals surface area (Å²) in [5.74, 6) is 1.08. The Labute approximate surface area is 155 Å². The lowest BCUT2D eigenvalue weighted by Gasteiger charge is -2.23. The van der Waals surface area contributed by atoms with Crippen molar-refractivity contribution in [2.45, 2.75) is 25.7 Å². The fourth-order valence-electron chi connectivity index (χ4n) is 3.08. The summed E-state index contributed by atoms with van der Waals surface area (Å²) < 4.78 is 27.5. The van der Waals surface area contributed by atoms with Crippen molar-refractivity contribution in [2.24, 2.45) is 5.92 Å². The van der Waals surface area contributed by atoms with Gasteiger partial charge in [-0.2, -0.15) is 17.0 Å². The maximum absolute atomic E-state index is 12.4. The van der Waals surface area contributed by atoms with Crippen molar-refractivity contribution in [2.75, 3.05) is 46.1 Å². The molecule has 1 saturated carbocycles. The van der Waals surface area contributed by atoms with Crippen LogP contribution in [0.1, 0.15) is 34.5 Å². The number of carbonyl (C=O) groups is 1. The number of pyridine rings is 1. The molecule has 1 aromatic rings. The summed E-state index contributed by atoms with van der Waals surface area (Å²) in [5.41, 5.74) is 2.33. The van der Waals surface area contributed by atoms with Crippen molar-refractivity contribution in [1.82, 2.24) is 18.9 Å². The highest BCUT2D eigenvalue weighted by atomic mass is 32.2. The van der Waals surface area contributed by atoms with Gasteiger partial charge in [0, 0.05) is 52.9 Å². The third-order valence-corrected chi connectivity index (χ3v) is 6.87. The Morgan fingerprint density at radius 1 is 1.31 bits per heavy atom. The quantitative estimate of drug-likeness (QED) is 0.747. The Morgan fingerprint density at radius 2 is 2.00 bits per heavy atom. The van der Waals surface area contributed by atoms with Crippen molar-refractivity contribution < 1.29 is 13.2 Å². The molecule has 1 aromatic heterocycles. The first-order chi connectivity index (χ1) is 12.3. The summed E-state index contributed by atoms with van der Waals surface area (Å²) in [5, 5.41) is 5.97. The number of carbonyl (C=O) groups excluding carboxylic acids is 1. The summed E-state index contributed by atoms with van der Waals surface area (Å²) in [7, 11) is 1.22. The zero-order valence-corrected chi connectivity index (χ0v) is 16.4. The Hall–Kier alpha value is -1.71. The first-order valence-corrected chi connectivity index (χ1v) is 10.4. The highest BCUT2D eigenvalue weighted by molar-refractivity contribution is 7.86. The minimum atomic E-state index is -3.45. The molecule has 0 aromatic carbocycles. The van der Waals surface area contributed by atoms with E-state index in [1.807, 2.05) is 6.07 Å². The molecule has 0 radical (unpaired) electrons. The summed E-state index contributed by atoms with van der Waals surface area (Å²) in [6.45, 7) is 1.59. The van der Waals surface area contributed by atoms with E-state index in [0.717, 1.165) is 17.8 Å². The van der Waals surface area contributed by atoms with Crippen molar-refractivity contribution in [3.05, 3.63) is 22.9 Å². The average molecular weight is 382 g/mol. The van der Waals surface area contributed by atoms with Gasteiger partial charge in [0.25, 0.3) is 16.1 Å². The molecule has 8 nitrogen and oxygen atoms in total. The predicted octanol–water partition coefficient (Wildman–Crippen LogP) is 0.470. The van der Waals surface area contributed by atoms with E-state index in [9.17, 15) is 13.2 Å². The van der Waals surface area contributed by atoms with E-state index in [2.05, 4.69) is 10.6 Å². The number of amides is 1. The zero-order chi connectivity index (χ0) is 18.9. The molecule has 3 rings (SSSR count). The van der Waals surface area contributed by atoms with Crippen molar-refractivity contribution >= 4 is 21.9 Å². The second-order valence-electron chi connectivity index (χ2n) is 7.08. The van der Waals surface area contributed by atoms with Crippen LogP contribution >= 0.6 is 0 Å². The number of fused-ring (bicyclic) bond motifs is 1. The highest BCUT2D eigenvalue weighted by Crippen LogP contribution is 2.30. The van der Waals surface area contributed by atoms with Crippen molar-refractivity contribution in [3.63, 3.8) is 0 Å². The lowest BCUT2D eigenvalue weighted by molar-refractivity contribution is 0.0963. The van der Waals surface area contributed by atoms with Gasteiger partial charge in [-0.15, -0.1) is 0 Å². The van der Waals surface area contributed by atoms with Gasteiger partial charge in [0.15, 0.2) is 0 Å². The number of hydrogen-bond acceptors (Lipinski definition) is 5. The Morgan fingerprint density at radius 3 is 2.62 bits per heavy atom. The maximum Gasteiger partial charge on any atom is 0.281 e. The van der Waals surface area contributed by atoms with E-state index in [4.69, 9.17) is 4.98 Å². The van der Waals surface area contributed by atoms with Gasteiger partial charge in [0.05, 0.1) is 5.56 Å². The monoisotopic (exact) mass is 381 g/mol. The van der Waals surface area contributed by atoms with Crippen molar-refractivity contribution in [3.8, 4) is 0 Å². The van der Waals surface area contributed by atoms with Gasteiger partial charge in [0.1, 0.15) is 5.82 Å². The van der Waals surface area contributed by atoms with E-state index in [-0.39, 0.29) is 5.91 Å². The summed E-state index contributed by atoms with van der Waals surface area (Å²) in [6, 6.07) is 1.86. The van der Waals surface area contributed by atoms with Gasteiger partial charge in [-0.3, -0.25) is 4.79 Å². The molecular formula is C17H27N5O3S. The summed E-state index contributed by atoms with van der Waals surface area (Å²) in [6.07, 6.45) is 3.51. The number of rotatable bonds is 6.